The van der Waals surface area contributed by atoms with Crippen molar-refractivity contribution in [2.75, 3.05) is 5.33 Å². The molecule has 2 atom stereocenters. The van der Waals surface area contributed by atoms with Crippen LogP contribution >= 0.6 is 27.7 Å². The van der Waals surface area contributed by atoms with E-state index in [1.807, 2.05) is 20.8 Å². The molecular formula is C23H26BrClFN3O4S. The molecule has 2 aromatic carbocycles. The van der Waals surface area contributed by atoms with Gasteiger partial charge in [-0.15, -0.1) is 5.10 Å². The topological polar surface area (TPSA) is 96.3 Å². The van der Waals surface area contributed by atoms with Gasteiger partial charge in [0.25, 0.3) is 10.0 Å². The first-order chi connectivity index (χ1) is 15.8. The number of aromatic nitrogens is 2. The summed E-state index contributed by atoms with van der Waals surface area (Å²) in [6, 6.07) is 8.16. The first-order valence-electron chi connectivity index (χ1n) is 10.5. The van der Waals surface area contributed by atoms with Gasteiger partial charge in [-0.25, -0.2) is 22.7 Å². The Balaban J connectivity index is 2.22. The van der Waals surface area contributed by atoms with Crippen LogP contribution in [0.1, 0.15) is 60.9 Å². The van der Waals surface area contributed by atoms with Crippen molar-refractivity contribution in [3.8, 4) is 0 Å². The quantitative estimate of drug-likeness (QED) is 0.284. The lowest BCUT2D eigenvalue weighted by Crippen LogP contribution is -2.33. The summed E-state index contributed by atoms with van der Waals surface area (Å²) in [5, 5.41) is 6.47. The first-order valence-corrected chi connectivity index (χ1v) is 13.4. The predicted octanol–water partition coefficient (Wildman–Crippen LogP) is 5.48. The normalized spacial score (nSPS) is 14.4. The van der Waals surface area contributed by atoms with E-state index in [2.05, 4.69) is 26.1 Å². The van der Waals surface area contributed by atoms with Crippen LogP contribution in [0.3, 0.4) is 0 Å². The van der Waals surface area contributed by atoms with E-state index in [1.165, 1.54) is 12.1 Å². The Labute approximate surface area is 211 Å². The number of hydrogen-bond donors (Lipinski definition) is 1. The largest absolute Gasteiger partial charge is 0.434 e. The van der Waals surface area contributed by atoms with E-state index in [1.54, 1.807) is 38.1 Å². The van der Waals surface area contributed by atoms with Gasteiger partial charge in [-0.1, -0.05) is 64.8 Å². The second-order valence-corrected chi connectivity index (χ2v) is 11.8. The fourth-order valence-electron chi connectivity index (χ4n) is 3.93. The first kappa shape index (κ1) is 26.6. The highest BCUT2D eigenvalue weighted by molar-refractivity contribution is 9.09. The summed E-state index contributed by atoms with van der Waals surface area (Å²) >= 11 is 10.0. The van der Waals surface area contributed by atoms with Crippen molar-refractivity contribution in [3.05, 3.63) is 80.9 Å². The van der Waals surface area contributed by atoms with Gasteiger partial charge in [-0.05, 0) is 60.0 Å². The second kappa shape index (κ2) is 9.93. The van der Waals surface area contributed by atoms with Gasteiger partial charge in [-0.3, -0.25) is 0 Å². The fourth-order valence-corrected chi connectivity index (χ4v) is 6.34. The van der Waals surface area contributed by atoms with Crippen molar-refractivity contribution in [2.45, 2.75) is 56.9 Å². The van der Waals surface area contributed by atoms with Crippen LogP contribution in [0.25, 0.3) is 0 Å². The third-order valence-electron chi connectivity index (χ3n) is 6.05. The van der Waals surface area contributed by atoms with E-state index in [0.717, 1.165) is 5.56 Å². The molecule has 0 amide bonds. The summed E-state index contributed by atoms with van der Waals surface area (Å²) < 4.78 is 48.4. The third kappa shape index (κ3) is 4.86. The summed E-state index contributed by atoms with van der Waals surface area (Å²) in [5.74, 6) is -2.53. The maximum atomic E-state index is 15.0. The Morgan fingerprint density at radius 1 is 1.24 bits per heavy atom. The van der Waals surface area contributed by atoms with Gasteiger partial charge >= 0.3 is 5.76 Å². The summed E-state index contributed by atoms with van der Waals surface area (Å²) in [6.07, 6.45) is 0. The molecule has 0 fully saturated rings. The standard InChI is InChI=1S/C23H26BrClFN3O4S/c1-13-10-11-17(26)19(14(13)2)15(3)20(21-27-28-22(30)33-21)29(25)34(31,32)18-9-7-6-8-16(18)23(4,5)12-24/h6-11,15,20H,12H2,1-5H3,(H,28,30)/t15-,20-/m0/s1. The lowest BCUT2D eigenvalue weighted by molar-refractivity contribution is 0.317. The number of aromatic amines is 1. The molecule has 0 bridgehead atoms. The van der Waals surface area contributed by atoms with E-state index in [0.29, 0.717) is 20.3 Å². The SMILES string of the molecule is Cc1ccc(F)c([C@H](C)[C@@H](c2n[nH]c(=O)o2)N(Cl)S(=O)(=O)c2ccccc2C(C)(C)CBr)c1C. The van der Waals surface area contributed by atoms with Crippen LogP contribution in [-0.2, 0) is 15.4 Å². The number of alkyl halides is 1. The molecule has 0 saturated carbocycles. The number of nitrogens with zero attached hydrogens (tertiary/aromatic N) is 2. The van der Waals surface area contributed by atoms with Gasteiger partial charge in [0.1, 0.15) is 11.9 Å². The van der Waals surface area contributed by atoms with Gasteiger partial charge in [0, 0.05) is 16.7 Å². The molecule has 1 heterocycles. The summed E-state index contributed by atoms with van der Waals surface area (Å²) in [5.41, 5.74) is 1.72. The zero-order valence-electron chi connectivity index (χ0n) is 19.4. The maximum Gasteiger partial charge on any atom is 0.434 e. The Bertz CT molecular complexity index is 1360. The monoisotopic (exact) mass is 573 g/mol. The number of rotatable bonds is 8. The zero-order chi connectivity index (χ0) is 25.4. The number of sulfonamides is 1. The molecule has 0 spiro atoms. The van der Waals surface area contributed by atoms with Crippen molar-refractivity contribution >= 4 is 37.7 Å². The second-order valence-electron chi connectivity index (χ2n) is 8.85. The van der Waals surface area contributed by atoms with Crippen molar-refractivity contribution in [1.82, 2.24) is 14.0 Å². The highest BCUT2D eigenvalue weighted by Gasteiger charge is 2.42. The average Bonchev–Trinajstić information content (AvgIpc) is 3.22. The van der Waals surface area contributed by atoms with Crippen molar-refractivity contribution < 1.29 is 17.2 Å². The lowest BCUT2D eigenvalue weighted by Gasteiger charge is -2.31. The average molecular weight is 575 g/mol. The molecule has 1 aromatic heterocycles. The molecule has 1 N–H and O–H groups in total. The van der Waals surface area contributed by atoms with Crippen LogP contribution < -0.4 is 5.76 Å². The molecule has 3 aromatic rings. The van der Waals surface area contributed by atoms with E-state index in [4.69, 9.17) is 16.2 Å². The highest BCUT2D eigenvalue weighted by atomic mass is 79.9. The summed E-state index contributed by atoms with van der Waals surface area (Å²) in [7, 11) is -4.35. The Hall–Kier alpha value is -2.01. The Morgan fingerprint density at radius 3 is 2.47 bits per heavy atom. The molecular weight excluding hydrogens is 549 g/mol. The lowest BCUT2D eigenvalue weighted by atomic mass is 9.87. The third-order valence-corrected chi connectivity index (χ3v) is 9.80. The predicted molar refractivity (Wildman–Crippen MR) is 132 cm³/mol. The molecule has 3 rings (SSSR count). The fraction of sp³-hybridized carbons (Fsp3) is 0.391. The Morgan fingerprint density at radius 2 is 1.88 bits per heavy atom. The van der Waals surface area contributed by atoms with Crippen LogP contribution in [0.2, 0.25) is 0 Å². The van der Waals surface area contributed by atoms with E-state index in [-0.39, 0.29) is 16.3 Å². The van der Waals surface area contributed by atoms with Crippen molar-refractivity contribution in [2.24, 2.45) is 0 Å². The van der Waals surface area contributed by atoms with E-state index < -0.39 is 39.0 Å². The number of benzene rings is 2. The van der Waals surface area contributed by atoms with Gasteiger partial charge in [0.15, 0.2) is 0 Å². The van der Waals surface area contributed by atoms with E-state index in [9.17, 15) is 17.6 Å². The molecule has 7 nitrogen and oxygen atoms in total. The molecule has 0 aliphatic heterocycles. The highest BCUT2D eigenvalue weighted by Crippen LogP contribution is 2.43. The minimum Gasteiger partial charge on any atom is -0.391 e. The molecule has 0 aliphatic carbocycles. The van der Waals surface area contributed by atoms with Gasteiger partial charge in [-0.2, -0.15) is 0 Å². The zero-order valence-corrected chi connectivity index (χ0v) is 22.6. The minimum atomic E-state index is -4.35. The maximum absolute atomic E-state index is 15.0. The van der Waals surface area contributed by atoms with Crippen LogP contribution in [0.4, 0.5) is 4.39 Å². The minimum absolute atomic E-state index is 0.00836. The van der Waals surface area contributed by atoms with Crippen LogP contribution in [0, 0.1) is 19.7 Å². The number of nitrogens with one attached hydrogen (secondary N) is 1. The van der Waals surface area contributed by atoms with Crippen LogP contribution in [-0.4, -0.2) is 27.8 Å². The van der Waals surface area contributed by atoms with Gasteiger partial charge in [0.05, 0.1) is 4.90 Å². The van der Waals surface area contributed by atoms with Gasteiger partial charge < -0.3 is 4.42 Å². The molecule has 34 heavy (non-hydrogen) atoms. The van der Waals surface area contributed by atoms with Crippen molar-refractivity contribution in [1.29, 1.82) is 0 Å². The van der Waals surface area contributed by atoms with E-state index >= 15 is 0 Å². The molecule has 0 aliphatic rings. The van der Waals surface area contributed by atoms with Gasteiger partial charge in [0.2, 0.25) is 5.89 Å². The molecule has 0 radical (unpaired) electrons. The molecule has 184 valence electrons. The summed E-state index contributed by atoms with van der Waals surface area (Å²) in [4.78, 5) is 11.7. The Kier molecular flexibility index (Phi) is 7.76. The molecule has 0 saturated heterocycles. The molecule has 11 heteroatoms. The summed E-state index contributed by atoms with van der Waals surface area (Å²) in [6.45, 7) is 8.97. The number of aryl methyl sites for hydroxylation is 1. The van der Waals surface area contributed by atoms with Crippen LogP contribution in [0.5, 0.6) is 0 Å². The number of H-pyrrole nitrogens is 1. The van der Waals surface area contributed by atoms with Crippen molar-refractivity contribution in [3.63, 3.8) is 0 Å². The van der Waals surface area contributed by atoms with Crippen LogP contribution in [0.15, 0.2) is 50.5 Å². The molecule has 0 unspecified atom stereocenters. The number of halogens is 3. The smallest absolute Gasteiger partial charge is 0.391 e. The number of hydrogen-bond acceptors (Lipinski definition) is 5.